The van der Waals surface area contributed by atoms with E-state index in [-0.39, 0.29) is 0 Å². The first-order valence-corrected chi connectivity index (χ1v) is 3.07. The number of amides is 1. The molecule has 10 heavy (non-hydrogen) atoms. The van der Waals surface area contributed by atoms with Crippen molar-refractivity contribution in [1.82, 2.24) is 4.90 Å². The molecule has 0 atom stereocenters. The predicted molar refractivity (Wildman–Crippen MR) is 39.3 cm³/mol. The van der Waals surface area contributed by atoms with Gasteiger partial charge in [-0.25, -0.2) is 0 Å². The van der Waals surface area contributed by atoms with Gasteiger partial charge in [0.05, 0.1) is 6.61 Å². The van der Waals surface area contributed by atoms with Crippen LogP contribution in [0.15, 0.2) is 12.7 Å². The average molecular weight is 142 g/mol. The smallest absolute Gasteiger partial charge is 0.312 e. The Morgan fingerprint density at radius 2 is 2.50 bits per heavy atom. The van der Waals surface area contributed by atoms with Gasteiger partial charge in [0.25, 0.3) is 0 Å². The molecule has 1 radical (unpaired) electrons. The molecule has 1 amide bonds. The summed E-state index contributed by atoms with van der Waals surface area (Å²) in [6, 6.07) is 0. The summed E-state index contributed by atoms with van der Waals surface area (Å²) in [6.07, 6.45) is 3.42. The summed E-state index contributed by atoms with van der Waals surface area (Å²) in [4.78, 5) is 11.6. The number of nitrogens with zero attached hydrogens (tertiary/aromatic N) is 1. The first-order chi connectivity index (χ1) is 4.85. The molecule has 0 saturated heterocycles. The van der Waals surface area contributed by atoms with E-state index >= 15 is 0 Å². The second-order valence-corrected chi connectivity index (χ2v) is 1.82. The molecule has 0 spiro atoms. The first-order valence-electron chi connectivity index (χ1n) is 3.07. The van der Waals surface area contributed by atoms with Gasteiger partial charge in [-0.05, 0) is 0 Å². The monoisotopic (exact) mass is 142 g/mol. The molecule has 3 heteroatoms. The normalized spacial score (nSPS) is 8.90. The SMILES string of the molecule is C=CCN([C]=O)CCOC. The van der Waals surface area contributed by atoms with Crippen molar-refractivity contribution in [3.63, 3.8) is 0 Å². The van der Waals surface area contributed by atoms with Crippen LogP contribution in [-0.2, 0) is 9.53 Å². The van der Waals surface area contributed by atoms with E-state index in [2.05, 4.69) is 6.58 Å². The Morgan fingerprint density at radius 3 is 2.90 bits per heavy atom. The van der Waals surface area contributed by atoms with Gasteiger partial charge in [0.2, 0.25) is 0 Å². The second-order valence-electron chi connectivity index (χ2n) is 1.82. The van der Waals surface area contributed by atoms with E-state index < -0.39 is 0 Å². The van der Waals surface area contributed by atoms with Gasteiger partial charge in [-0.3, -0.25) is 4.79 Å². The maximum absolute atomic E-state index is 10.1. The molecular formula is C7H12NO2. The molecule has 0 aliphatic carbocycles. The summed E-state index contributed by atoms with van der Waals surface area (Å²) in [6.45, 7) is 5.15. The molecule has 0 fully saturated rings. The van der Waals surface area contributed by atoms with Crippen LogP contribution in [0.5, 0.6) is 0 Å². The predicted octanol–water partition coefficient (Wildman–Crippen LogP) is 0.188. The Bertz CT molecular complexity index is 104. The van der Waals surface area contributed by atoms with Crippen molar-refractivity contribution < 1.29 is 9.53 Å². The quantitative estimate of drug-likeness (QED) is 0.391. The van der Waals surface area contributed by atoms with Crippen LogP contribution >= 0.6 is 0 Å². The molecule has 57 valence electrons. The van der Waals surface area contributed by atoms with Crippen molar-refractivity contribution in [2.45, 2.75) is 0 Å². The van der Waals surface area contributed by atoms with E-state index in [1.807, 2.05) is 0 Å². The van der Waals surface area contributed by atoms with Gasteiger partial charge in [-0.2, -0.15) is 0 Å². The largest absolute Gasteiger partial charge is 0.383 e. The zero-order valence-electron chi connectivity index (χ0n) is 6.17. The number of methoxy groups -OCH3 is 1. The molecule has 0 bridgehead atoms. The van der Waals surface area contributed by atoms with E-state index in [0.29, 0.717) is 19.7 Å². The van der Waals surface area contributed by atoms with Crippen molar-refractivity contribution in [2.24, 2.45) is 0 Å². The maximum Gasteiger partial charge on any atom is 0.312 e. The third kappa shape index (κ3) is 4.09. The summed E-state index contributed by atoms with van der Waals surface area (Å²) in [5, 5.41) is 0. The molecule has 0 aromatic heterocycles. The molecule has 0 heterocycles. The zero-order valence-corrected chi connectivity index (χ0v) is 6.17. The molecule has 0 aromatic rings. The fourth-order valence-electron chi connectivity index (χ4n) is 0.532. The van der Waals surface area contributed by atoms with Gasteiger partial charge in [0.1, 0.15) is 0 Å². The highest BCUT2D eigenvalue weighted by molar-refractivity contribution is 5.48. The van der Waals surface area contributed by atoms with Gasteiger partial charge in [-0.1, -0.05) is 6.08 Å². The Balaban J connectivity index is 3.38. The molecule has 3 nitrogen and oxygen atoms in total. The lowest BCUT2D eigenvalue weighted by atomic mass is 10.5. The minimum absolute atomic E-state index is 0.535. The molecule has 0 aliphatic rings. The standard InChI is InChI=1S/C7H12NO2/c1-3-4-8(7-9)5-6-10-2/h3H,1,4-6H2,2H3. The highest BCUT2D eigenvalue weighted by Crippen LogP contribution is 1.82. The molecule has 0 unspecified atom stereocenters. The molecule has 0 rings (SSSR count). The third-order valence-electron chi connectivity index (χ3n) is 1.04. The highest BCUT2D eigenvalue weighted by atomic mass is 16.5. The van der Waals surface area contributed by atoms with Crippen LogP contribution in [0.4, 0.5) is 0 Å². The fraction of sp³-hybridized carbons (Fsp3) is 0.571. The van der Waals surface area contributed by atoms with E-state index in [1.165, 1.54) is 4.90 Å². The van der Waals surface area contributed by atoms with Gasteiger partial charge >= 0.3 is 6.41 Å². The Hall–Kier alpha value is -0.830. The van der Waals surface area contributed by atoms with Gasteiger partial charge < -0.3 is 9.64 Å². The van der Waals surface area contributed by atoms with Crippen LogP contribution in [0.1, 0.15) is 0 Å². The number of hydrogen-bond donors (Lipinski definition) is 0. The lowest BCUT2D eigenvalue weighted by molar-refractivity contribution is 0.178. The molecule has 0 N–H and O–H groups in total. The van der Waals surface area contributed by atoms with E-state index in [0.717, 1.165) is 0 Å². The topological polar surface area (TPSA) is 29.5 Å². The van der Waals surface area contributed by atoms with E-state index in [9.17, 15) is 4.79 Å². The second kappa shape index (κ2) is 6.29. The lowest BCUT2D eigenvalue weighted by Crippen LogP contribution is -2.25. The van der Waals surface area contributed by atoms with Gasteiger partial charge in [0, 0.05) is 20.2 Å². The number of hydrogen-bond acceptors (Lipinski definition) is 2. The van der Waals surface area contributed by atoms with Crippen LogP contribution in [0, 0.1) is 0 Å². The molecule has 0 aliphatic heterocycles. The summed E-state index contributed by atoms with van der Waals surface area (Å²) in [7, 11) is 1.59. The first kappa shape index (κ1) is 9.17. The van der Waals surface area contributed by atoms with E-state index in [4.69, 9.17) is 4.74 Å². The lowest BCUT2D eigenvalue weighted by Gasteiger charge is -2.11. The van der Waals surface area contributed by atoms with Crippen molar-refractivity contribution in [3.8, 4) is 0 Å². The minimum atomic E-state index is 0.535. The summed E-state index contributed by atoms with van der Waals surface area (Å²) in [5.41, 5.74) is 0. The maximum atomic E-state index is 10.1. The zero-order chi connectivity index (χ0) is 7.82. The van der Waals surface area contributed by atoms with Crippen LogP contribution in [0.3, 0.4) is 0 Å². The van der Waals surface area contributed by atoms with Crippen molar-refractivity contribution in [2.75, 3.05) is 26.8 Å². The van der Waals surface area contributed by atoms with Crippen molar-refractivity contribution in [3.05, 3.63) is 12.7 Å². The fourth-order valence-corrected chi connectivity index (χ4v) is 0.532. The highest BCUT2D eigenvalue weighted by Gasteiger charge is 1.96. The Labute approximate surface area is 61.3 Å². The Morgan fingerprint density at radius 1 is 1.80 bits per heavy atom. The average Bonchev–Trinajstić information content (AvgIpc) is 1.98. The van der Waals surface area contributed by atoms with Crippen LogP contribution in [0.25, 0.3) is 0 Å². The van der Waals surface area contributed by atoms with Crippen LogP contribution < -0.4 is 0 Å². The summed E-state index contributed by atoms with van der Waals surface area (Å²) >= 11 is 0. The Kier molecular flexibility index (Phi) is 5.77. The van der Waals surface area contributed by atoms with Crippen LogP contribution in [-0.4, -0.2) is 38.1 Å². The van der Waals surface area contributed by atoms with Crippen LogP contribution in [0.2, 0.25) is 0 Å². The number of carbonyl (C=O) groups excluding carboxylic acids is 1. The minimum Gasteiger partial charge on any atom is -0.383 e. The summed E-state index contributed by atoms with van der Waals surface area (Å²) in [5.74, 6) is 0. The van der Waals surface area contributed by atoms with Crippen molar-refractivity contribution >= 4 is 6.41 Å². The molecular weight excluding hydrogens is 130 g/mol. The molecule has 0 saturated carbocycles. The number of ether oxygens (including phenoxy) is 1. The van der Waals surface area contributed by atoms with Gasteiger partial charge in [0.15, 0.2) is 0 Å². The van der Waals surface area contributed by atoms with Gasteiger partial charge in [-0.15, -0.1) is 6.58 Å². The summed E-state index contributed by atoms with van der Waals surface area (Å²) < 4.78 is 4.77. The third-order valence-corrected chi connectivity index (χ3v) is 1.04. The van der Waals surface area contributed by atoms with Crippen molar-refractivity contribution in [1.29, 1.82) is 0 Å². The van der Waals surface area contributed by atoms with E-state index in [1.54, 1.807) is 19.6 Å². The molecule has 0 aromatic carbocycles. The number of rotatable bonds is 6.